The second-order valence-corrected chi connectivity index (χ2v) is 7.40. The lowest BCUT2D eigenvalue weighted by molar-refractivity contribution is 0.482. The summed E-state index contributed by atoms with van der Waals surface area (Å²) in [6, 6.07) is 22.8. The van der Waals surface area contributed by atoms with Crippen LogP contribution in [0.15, 0.2) is 77.0 Å². The zero-order valence-corrected chi connectivity index (χ0v) is 20.9. The summed E-state index contributed by atoms with van der Waals surface area (Å²) in [4.78, 5) is 0. The molecule has 1 N–H and O–H groups in total. The highest BCUT2D eigenvalue weighted by atomic mass is 16.3. The van der Waals surface area contributed by atoms with E-state index < -0.39 is 0 Å². The third-order valence-electron chi connectivity index (χ3n) is 4.75. The molecule has 0 saturated carbocycles. The van der Waals surface area contributed by atoms with Crippen LogP contribution >= 0.6 is 0 Å². The van der Waals surface area contributed by atoms with Gasteiger partial charge in [-0.25, -0.2) is 0 Å². The van der Waals surface area contributed by atoms with Gasteiger partial charge in [-0.15, -0.1) is 0 Å². The van der Waals surface area contributed by atoms with Crippen LogP contribution in [0.2, 0.25) is 0 Å². The predicted molar refractivity (Wildman–Crippen MR) is 142 cm³/mol. The number of rotatable bonds is 1. The summed E-state index contributed by atoms with van der Waals surface area (Å²) in [6.07, 6.45) is 1.25. The van der Waals surface area contributed by atoms with Gasteiger partial charge >= 0.3 is 0 Å². The molecule has 0 aliphatic rings. The lowest BCUT2D eigenvalue weighted by Crippen LogP contribution is -1.85. The van der Waals surface area contributed by atoms with E-state index in [1.807, 2.05) is 39.8 Å². The largest absolute Gasteiger partial charge is 0.505 e. The molecule has 3 heteroatoms. The highest BCUT2D eigenvalue weighted by Gasteiger charge is 2.10. The average Bonchev–Trinajstić information content (AvgIpc) is 2.81. The van der Waals surface area contributed by atoms with E-state index in [0.29, 0.717) is 5.69 Å². The van der Waals surface area contributed by atoms with Crippen molar-refractivity contribution in [3.63, 3.8) is 0 Å². The van der Waals surface area contributed by atoms with E-state index in [9.17, 15) is 5.11 Å². The normalized spacial score (nSPS) is 10.0. The maximum atomic E-state index is 10.2. The van der Waals surface area contributed by atoms with E-state index in [1.54, 1.807) is 7.05 Å². The maximum Gasteiger partial charge on any atom is 0.151 e. The number of aromatic hydroxyl groups is 1. The molecule has 0 bridgehead atoms. The Balaban J connectivity index is 0.000000288. The number of aryl methyl sites for hydroxylation is 3. The summed E-state index contributed by atoms with van der Waals surface area (Å²) >= 11 is 0. The molecule has 3 nitrogen and oxygen atoms in total. The molecule has 0 radical (unpaired) electrons. The van der Waals surface area contributed by atoms with Crippen LogP contribution in [0, 0.1) is 20.8 Å². The minimum atomic E-state index is 0.216. The van der Waals surface area contributed by atoms with Gasteiger partial charge in [0.25, 0.3) is 0 Å². The summed E-state index contributed by atoms with van der Waals surface area (Å²) in [5.74, 6) is 0.216. The van der Waals surface area contributed by atoms with Crippen molar-refractivity contribution >= 4 is 27.2 Å². The molecular formula is C29H38N2O. The number of phenols is 1. The van der Waals surface area contributed by atoms with Gasteiger partial charge in [0.05, 0.1) is 0 Å². The summed E-state index contributed by atoms with van der Waals surface area (Å²) in [5.41, 5.74) is 3.88. The van der Waals surface area contributed by atoms with Crippen molar-refractivity contribution in [1.82, 2.24) is 0 Å². The Labute approximate surface area is 193 Å². The van der Waals surface area contributed by atoms with Crippen molar-refractivity contribution in [3.05, 3.63) is 83.4 Å². The van der Waals surface area contributed by atoms with Crippen LogP contribution in [0.25, 0.3) is 21.5 Å². The van der Waals surface area contributed by atoms with Crippen LogP contribution in [0.1, 0.15) is 50.8 Å². The van der Waals surface area contributed by atoms with Gasteiger partial charge in [0, 0.05) is 12.4 Å². The highest BCUT2D eigenvalue weighted by molar-refractivity contribution is 5.94. The number of phenolic OH excluding ortho intramolecular Hbond substituents is 1. The third-order valence-corrected chi connectivity index (χ3v) is 4.75. The average molecular weight is 431 g/mol. The first-order valence-electron chi connectivity index (χ1n) is 11.4. The topological polar surface area (TPSA) is 45.0 Å². The molecule has 0 amide bonds. The molecule has 0 aliphatic carbocycles. The molecule has 4 aromatic rings. The van der Waals surface area contributed by atoms with Crippen molar-refractivity contribution in [2.24, 2.45) is 10.2 Å². The number of hydrogen-bond acceptors (Lipinski definition) is 3. The highest BCUT2D eigenvalue weighted by Crippen LogP contribution is 2.38. The van der Waals surface area contributed by atoms with Gasteiger partial charge in [0.2, 0.25) is 0 Å². The van der Waals surface area contributed by atoms with Crippen molar-refractivity contribution in [3.8, 4) is 5.75 Å². The minimum Gasteiger partial charge on any atom is -0.505 e. The summed E-state index contributed by atoms with van der Waals surface area (Å²) in [6.45, 7) is 14.3. The fourth-order valence-electron chi connectivity index (χ4n) is 3.14. The van der Waals surface area contributed by atoms with Gasteiger partial charge in [0.15, 0.2) is 5.75 Å². The molecule has 0 saturated heterocycles. The molecule has 0 heterocycles. The van der Waals surface area contributed by atoms with Gasteiger partial charge in [-0.05, 0) is 65.8 Å². The fourth-order valence-corrected chi connectivity index (χ4v) is 3.14. The molecule has 0 aromatic heterocycles. The molecule has 0 unspecified atom stereocenters. The molecule has 0 atom stereocenters. The van der Waals surface area contributed by atoms with E-state index in [2.05, 4.69) is 85.6 Å². The lowest BCUT2D eigenvalue weighted by atomic mass is 9.99. The Morgan fingerprint density at radius 2 is 1.09 bits per heavy atom. The van der Waals surface area contributed by atoms with E-state index in [4.69, 9.17) is 0 Å². The van der Waals surface area contributed by atoms with E-state index in [0.717, 1.165) is 21.9 Å². The Morgan fingerprint density at radius 3 is 1.53 bits per heavy atom. The number of benzene rings is 4. The Hall–Kier alpha value is -3.20. The van der Waals surface area contributed by atoms with Gasteiger partial charge in [-0.1, -0.05) is 88.7 Å². The Bertz CT molecular complexity index is 1080. The second kappa shape index (κ2) is 14.0. The molecule has 32 heavy (non-hydrogen) atoms. The van der Waals surface area contributed by atoms with Gasteiger partial charge in [-0.3, -0.25) is 0 Å². The number of azo groups is 1. The Kier molecular flexibility index (Phi) is 11.7. The molecular weight excluding hydrogens is 392 g/mol. The van der Waals surface area contributed by atoms with Crippen LogP contribution in [0.4, 0.5) is 5.69 Å². The summed E-state index contributed by atoms with van der Waals surface area (Å²) in [7, 11) is 1.60. The number of nitrogens with zero attached hydrogens (tertiary/aromatic N) is 2. The van der Waals surface area contributed by atoms with E-state index in [-0.39, 0.29) is 5.75 Å². The van der Waals surface area contributed by atoms with Crippen molar-refractivity contribution in [2.75, 3.05) is 7.05 Å². The first-order valence-corrected chi connectivity index (χ1v) is 11.4. The molecule has 0 aliphatic heterocycles. The SMILES string of the molecule is CC.CCC.CN=Nc1c(C)cc2cc(C)c(C)cc2c1O.c1ccc2ccccc2c1. The minimum absolute atomic E-state index is 0.216. The van der Waals surface area contributed by atoms with Crippen LogP contribution in [0.3, 0.4) is 0 Å². The molecule has 0 fully saturated rings. The first kappa shape index (κ1) is 26.8. The van der Waals surface area contributed by atoms with Crippen LogP contribution in [-0.4, -0.2) is 12.2 Å². The second-order valence-electron chi connectivity index (χ2n) is 7.40. The number of hydrogen-bond donors (Lipinski definition) is 1. The van der Waals surface area contributed by atoms with Crippen LogP contribution < -0.4 is 0 Å². The first-order chi connectivity index (χ1) is 15.4. The van der Waals surface area contributed by atoms with Crippen molar-refractivity contribution < 1.29 is 5.11 Å². The van der Waals surface area contributed by atoms with Crippen LogP contribution in [-0.2, 0) is 0 Å². The maximum absolute atomic E-state index is 10.2. The van der Waals surface area contributed by atoms with Crippen LogP contribution in [0.5, 0.6) is 5.75 Å². The molecule has 170 valence electrons. The molecule has 0 spiro atoms. The zero-order valence-electron chi connectivity index (χ0n) is 20.9. The van der Waals surface area contributed by atoms with Crippen molar-refractivity contribution in [1.29, 1.82) is 0 Å². The van der Waals surface area contributed by atoms with Gasteiger partial charge in [-0.2, -0.15) is 10.2 Å². The number of fused-ring (bicyclic) bond motifs is 2. The standard InChI is InChI=1S/C14H16N2O.C10H8.C3H8.C2H6/c1-8-5-11-6-10(3)13(16-15-4)14(17)12(11)7-9(8)2;1-2-6-10-8-4-3-7-9(10)5-1;1-3-2;1-2/h5-7,17H,1-4H3;1-8H;3H2,1-2H3;1-2H3. The monoisotopic (exact) mass is 430 g/mol. The zero-order chi connectivity index (χ0) is 24.1. The van der Waals surface area contributed by atoms with Gasteiger partial charge in [0.1, 0.15) is 5.69 Å². The van der Waals surface area contributed by atoms with Gasteiger partial charge < -0.3 is 5.11 Å². The Morgan fingerprint density at radius 1 is 0.688 bits per heavy atom. The molecule has 4 rings (SSSR count). The lowest BCUT2D eigenvalue weighted by Gasteiger charge is -2.09. The van der Waals surface area contributed by atoms with E-state index in [1.165, 1.54) is 22.8 Å². The smallest absolute Gasteiger partial charge is 0.151 e. The molecule has 4 aromatic carbocycles. The third kappa shape index (κ3) is 7.19. The predicted octanol–water partition coefficient (Wildman–Crippen LogP) is 9.47. The summed E-state index contributed by atoms with van der Waals surface area (Å²) < 4.78 is 0. The summed E-state index contributed by atoms with van der Waals surface area (Å²) in [5, 5.41) is 22.4. The van der Waals surface area contributed by atoms with E-state index >= 15 is 0 Å². The quantitative estimate of drug-likeness (QED) is 0.300. The van der Waals surface area contributed by atoms with Crippen molar-refractivity contribution in [2.45, 2.75) is 54.9 Å². The fraction of sp³-hybridized carbons (Fsp3) is 0.310.